The summed E-state index contributed by atoms with van der Waals surface area (Å²) in [5.74, 6) is 1.01. The van der Waals surface area contributed by atoms with Crippen molar-refractivity contribution >= 4 is 6.03 Å². The summed E-state index contributed by atoms with van der Waals surface area (Å²) in [5, 5.41) is 12.8. The molecule has 0 bridgehead atoms. The van der Waals surface area contributed by atoms with Gasteiger partial charge >= 0.3 is 6.03 Å². The average Bonchev–Trinajstić information content (AvgIpc) is 2.53. The highest BCUT2D eigenvalue weighted by Gasteiger charge is 2.25. The predicted molar refractivity (Wildman–Crippen MR) is 90.7 cm³/mol. The fourth-order valence-corrected chi connectivity index (χ4v) is 3.00. The highest BCUT2D eigenvalue weighted by atomic mass is 16.5. The largest absolute Gasteiger partial charge is 0.492 e. The summed E-state index contributed by atoms with van der Waals surface area (Å²) >= 11 is 0. The van der Waals surface area contributed by atoms with Crippen LogP contribution in [0, 0.1) is 12.8 Å². The van der Waals surface area contributed by atoms with Crippen LogP contribution in [0.15, 0.2) is 24.3 Å². The molecular weight excluding hydrogens is 292 g/mol. The molecule has 2 rings (SSSR count). The first-order chi connectivity index (χ1) is 11.1. The molecular formula is C18H28N2O3. The molecule has 5 heteroatoms. The molecule has 2 amide bonds. The predicted octanol–water partition coefficient (Wildman–Crippen LogP) is 2.57. The van der Waals surface area contributed by atoms with E-state index >= 15 is 0 Å². The molecule has 1 aromatic carbocycles. The third-order valence-corrected chi connectivity index (χ3v) is 4.36. The summed E-state index contributed by atoms with van der Waals surface area (Å²) in [6.07, 6.45) is 3.80. The number of hydrogen-bond donors (Lipinski definition) is 2. The summed E-state index contributed by atoms with van der Waals surface area (Å²) < 4.78 is 5.61. The molecule has 2 N–H and O–H groups in total. The number of aliphatic hydroxyl groups excluding tert-OH is 1. The molecule has 5 nitrogen and oxygen atoms in total. The Bertz CT molecular complexity index is 507. The maximum atomic E-state index is 12.1. The van der Waals surface area contributed by atoms with Crippen molar-refractivity contribution in [2.45, 2.75) is 38.7 Å². The monoisotopic (exact) mass is 320 g/mol. The molecule has 1 saturated carbocycles. The van der Waals surface area contributed by atoms with E-state index in [0.29, 0.717) is 19.7 Å². The van der Waals surface area contributed by atoms with Crippen LogP contribution in [0.2, 0.25) is 0 Å². The molecule has 1 aliphatic rings. The van der Waals surface area contributed by atoms with E-state index in [2.05, 4.69) is 5.32 Å². The third-order valence-electron chi connectivity index (χ3n) is 4.36. The minimum absolute atomic E-state index is 0.115. The maximum absolute atomic E-state index is 12.1. The first-order valence-corrected chi connectivity index (χ1v) is 8.43. The van der Waals surface area contributed by atoms with Gasteiger partial charge in [0.15, 0.2) is 0 Å². The van der Waals surface area contributed by atoms with Crippen LogP contribution in [0.1, 0.15) is 31.2 Å². The molecule has 1 aromatic rings. The van der Waals surface area contributed by atoms with E-state index in [1.807, 2.05) is 31.2 Å². The summed E-state index contributed by atoms with van der Waals surface area (Å²) in [4.78, 5) is 13.7. The standard InChI is InChI=1S/C18H28N2O3/c1-14-6-5-8-16(12-14)23-11-10-19-18(22)20(2)13-15-7-3-4-9-17(15)21/h5-6,8,12,15,17,21H,3-4,7,9-11,13H2,1-2H3,(H,19,22). The Morgan fingerprint density at radius 3 is 2.91 bits per heavy atom. The van der Waals surface area contributed by atoms with Crippen LogP contribution in [0.3, 0.4) is 0 Å². The average molecular weight is 320 g/mol. The van der Waals surface area contributed by atoms with Crippen LogP contribution in [0.5, 0.6) is 5.75 Å². The van der Waals surface area contributed by atoms with Crippen LogP contribution in [-0.2, 0) is 0 Å². The highest BCUT2D eigenvalue weighted by Crippen LogP contribution is 2.24. The Hall–Kier alpha value is -1.75. The lowest BCUT2D eigenvalue weighted by atomic mass is 9.86. The van der Waals surface area contributed by atoms with Crippen molar-refractivity contribution in [1.29, 1.82) is 0 Å². The van der Waals surface area contributed by atoms with E-state index < -0.39 is 0 Å². The lowest BCUT2D eigenvalue weighted by Crippen LogP contribution is -2.43. The van der Waals surface area contributed by atoms with Gasteiger partial charge in [-0.25, -0.2) is 4.79 Å². The lowest BCUT2D eigenvalue weighted by molar-refractivity contribution is 0.0564. The zero-order valence-corrected chi connectivity index (χ0v) is 14.1. The van der Waals surface area contributed by atoms with Crippen molar-refractivity contribution in [3.8, 4) is 5.75 Å². The Kier molecular flexibility index (Phi) is 6.71. The summed E-state index contributed by atoms with van der Waals surface area (Å²) in [6.45, 7) is 3.52. The number of nitrogens with zero attached hydrogens (tertiary/aromatic N) is 1. The molecule has 0 saturated heterocycles. The van der Waals surface area contributed by atoms with Gasteiger partial charge in [-0.1, -0.05) is 25.0 Å². The minimum Gasteiger partial charge on any atom is -0.492 e. The second kappa shape index (κ2) is 8.77. The molecule has 128 valence electrons. The molecule has 0 aromatic heterocycles. The van der Waals surface area contributed by atoms with Crippen molar-refractivity contribution in [3.05, 3.63) is 29.8 Å². The fraction of sp³-hybridized carbons (Fsp3) is 0.611. The number of hydrogen-bond acceptors (Lipinski definition) is 3. The molecule has 0 radical (unpaired) electrons. The molecule has 2 unspecified atom stereocenters. The van der Waals surface area contributed by atoms with Crippen LogP contribution in [0.4, 0.5) is 4.79 Å². The van der Waals surface area contributed by atoms with Gasteiger partial charge in [-0.2, -0.15) is 0 Å². The summed E-state index contributed by atoms with van der Waals surface area (Å²) in [6, 6.07) is 7.73. The number of ether oxygens (including phenoxy) is 1. The van der Waals surface area contributed by atoms with Crippen molar-refractivity contribution in [3.63, 3.8) is 0 Å². The Morgan fingerprint density at radius 1 is 1.39 bits per heavy atom. The molecule has 0 spiro atoms. The number of carbonyl (C=O) groups is 1. The van der Waals surface area contributed by atoms with E-state index in [4.69, 9.17) is 4.74 Å². The zero-order chi connectivity index (χ0) is 16.7. The lowest BCUT2D eigenvalue weighted by Gasteiger charge is -2.31. The minimum atomic E-state index is -0.274. The van der Waals surface area contributed by atoms with Gasteiger partial charge in [-0.05, 0) is 37.5 Å². The van der Waals surface area contributed by atoms with Crippen LogP contribution in [-0.4, -0.2) is 48.9 Å². The van der Waals surface area contributed by atoms with Crippen molar-refractivity contribution in [2.75, 3.05) is 26.7 Å². The van der Waals surface area contributed by atoms with E-state index in [1.54, 1.807) is 11.9 Å². The molecule has 1 fully saturated rings. The number of urea groups is 1. The quantitative estimate of drug-likeness (QED) is 0.792. The fourth-order valence-electron chi connectivity index (χ4n) is 3.00. The molecule has 1 aliphatic carbocycles. The number of rotatable bonds is 6. The molecule has 2 atom stereocenters. The number of aryl methyl sites for hydroxylation is 1. The Balaban J connectivity index is 1.65. The normalized spacial score (nSPS) is 20.8. The van der Waals surface area contributed by atoms with Gasteiger partial charge in [0, 0.05) is 19.5 Å². The van der Waals surface area contributed by atoms with Crippen molar-refractivity contribution < 1.29 is 14.6 Å². The van der Waals surface area contributed by atoms with Crippen LogP contribution in [0.25, 0.3) is 0 Å². The second-order valence-electron chi connectivity index (χ2n) is 6.39. The van der Waals surface area contributed by atoms with Gasteiger partial charge in [0.05, 0.1) is 12.6 Å². The van der Waals surface area contributed by atoms with Gasteiger partial charge in [-0.15, -0.1) is 0 Å². The highest BCUT2D eigenvalue weighted by molar-refractivity contribution is 5.73. The molecule has 0 aliphatic heterocycles. The Morgan fingerprint density at radius 2 is 2.17 bits per heavy atom. The number of amides is 2. The van der Waals surface area contributed by atoms with E-state index in [9.17, 15) is 9.90 Å². The van der Waals surface area contributed by atoms with Gasteiger partial charge in [0.25, 0.3) is 0 Å². The van der Waals surface area contributed by atoms with Gasteiger partial charge < -0.3 is 20.1 Å². The van der Waals surface area contributed by atoms with Gasteiger partial charge in [0.2, 0.25) is 0 Å². The number of benzene rings is 1. The number of carbonyl (C=O) groups excluding carboxylic acids is 1. The topological polar surface area (TPSA) is 61.8 Å². The summed E-state index contributed by atoms with van der Waals surface area (Å²) in [5.41, 5.74) is 1.15. The smallest absolute Gasteiger partial charge is 0.317 e. The first kappa shape index (κ1) is 17.6. The number of nitrogens with one attached hydrogen (secondary N) is 1. The third kappa shape index (κ3) is 5.75. The second-order valence-corrected chi connectivity index (χ2v) is 6.39. The molecule has 0 heterocycles. The van der Waals surface area contributed by atoms with Gasteiger partial charge in [0.1, 0.15) is 12.4 Å². The Labute approximate surface area is 138 Å². The van der Waals surface area contributed by atoms with Crippen molar-refractivity contribution in [2.24, 2.45) is 5.92 Å². The number of aliphatic hydroxyl groups is 1. The summed E-state index contributed by atoms with van der Waals surface area (Å²) in [7, 11) is 1.78. The maximum Gasteiger partial charge on any atom is 0.317 e. The van der Waals surface area contributed by atoms with E-state index in [-0.39, 0.29) is 18.1 Å². The van der Waals surface area contributed by atoms with Crippen LogP contribution >= 0.6 is 0 Å². The van der Waals surface area contributed by atoms with E-state index in [1.165, 1.54) is 0 Å². The SMILES string of the molecule is Cc1cccc(OCCNC(=O)N(C)CC2CCCCC2O)c1. The van der Waals surface area contributed by atoms with Gasteiger partial charge in [-0.3, -0.25) is 0 Å². The van der Waals surface area contributed by atoms with Crippen molar-refractivity contribution in [1.82, 2.24) is 10.2 Å². The van der Waals surface area contributed by atoms with Crippen LogP contribution < -0.4 is 10.1 Å². The first-order valence-electron chi connectivity index (χ1n) is 8.43. The van der Waals surface area contributed by atoms with E-state index in [0.717, 1.165) is 37.0 Å². The molecule has 23 heavy (non-hydrogen) atoms. The zero-order valence-electron chi connectivity index (χ0n) is 14.1.